The molecule has 0 aromatic heterocycles. The van der Waals surface area contributed by atoms with Gasteiger partial charge >= 0.3 is 0 Å². The number of rotatable bonds is 1. The van der Waals surface area contributed by atoms with Crippen molar-refractivity contribution >= 4 is 11.1 Å². The summed E-state index contributed by atoms with van der Waals surface area (Å²) in [6.07, 6.45) is 3.00. The molecule has 0 unspecified atom stereocenters. The minimum absolute atomic E-state index is 0.596. The van der Waals surface area contributed by atoms with E-state index < -0.39 is 11.1 Å². The van der Waals surface area contributed by atoms with Gasteiger partial charge in [0.25, 0.3) is 0 Å². The topological polar surface area (TPSA) is 63.9 Å². The smallest absolute Gasteiger partial charge is 0.155 e. The molecule has 0 bridgehead atoms. The predicted octanol–water partition coefficient (Wildman–Crippen LogP) is 1.61. The molecule has 1 saturated heterocycles. The van der Waals surface area contributed by atoms with Gasteiger partial charge in [0.15, 0.2) is 11.1 Å². The van der Waals surface area contributed by atoms with Crippen LogP contribution in [0.1, 0.15) is 19.3 Å². The summed E-state index contributed by atoms with van der Waals surface area (Å²) < 4.78 is 27.6. The number of hydrogen-bond acceptors (Lipinski definition) is 4. The quantitative estimate of drug-likeness (QED) is 0.555. The highest BCUT2D eigenvalue weighted by atomic mass is 32.3. The van der Waals surface area contributed by atoms with Crippen LogP contribution >= 0.6 is 11.1 Å². The fourth-order valence-electron chi connectivity index (χ4n) is 1.11. The van der Waals surface area contributed by atoms with Crippen molar-refractivity contribution in [3.8, 4) is 0 Å². The normalized spacial score (nSPS) is 24.7. The third kappa shape index (κ3) is 2.10. The Morgan fingerprint density at radius 3 is 1.70 bits per heavy atom. The molecule has 1 fully saturated rings. The summed E-state index contributed by atoms with van der Waals surface area (Å²) in [5.41, 5.74) is 0. The Labute approximate surface area is 62.2 Å². The molecule has 0 atom stereocenters. The van der Waals surface area contributed by atoms with Gasteiger partial charge in [-0.25, -0.2) is 4.31 Å². The number of nitrogens with zero attached hydrogens (tertiary/aromatic N) is 1. The minimum atomic E-state index is -3.39. The lowest BCUT2D eigenvalue weighted by molar-refractivity contribution is 0.249. The Balaban J connectivity index is 2.39. The van der Waals surface area contributed by atoms with E-state index >= 15 is 0 Å². The molecule has 0 radical (unpaired) electrons. The first-order chi connectivity index (χ1) is 4.61. The van der Waals surface area contributed by atoms with Gasteiger partial charge < -0.3 is 0 Å². The lowest BCUT2D eigenvalue weighted by Gasteiger charge is -2.35. The highest BCUT2D eigenvalue weighted by Crippen LogP contribution is 2.39. The van der Waals surface area contributed by atoms with Gasteiger partial charge in [0, 0.05) is 13.1 Å². The van der Waals surface area contributed by atoms with E-state index in [9.17, 15) is 0 Å². The zero-order valence-electron chi connectivity index (χ0n) is 5.73. The van der Waals surface area contributed by atoms with Crippen LogP contribution in [-0.4, -0.2) is 31.1 Å². The van der Waals surface area contributed by atoms with Crippen LogP contribution in [0.4, 0.5) is 0 Å². The fourth-order valence-corrected chi connectivity index (χ4v) is 1.86. The van der Waals surface area contributed by atoms with Crippen LogP contribution in [0.2, 0.25) is 0 Å². The van der Waals surface area contributed by atoms with Gasteiger partial charge in [-0.2, -0.15) is 0 Å². The summed E-state index contributed by atoms with van der Waals surface area (Å²) in [6, 6.07) is 0. The molecule has 0 aromatic carbocycles. The predicted molar refractivity (Wildman–Crippen MR) is 40.9 cm³/mol. The molecule has 1 rings (SSSR count). The van der Waals surface area contributed by atoms with Crippen LogP contribution in [-0.2, 0) is 0 Å². The van der Waals surface area contributed by atoms with Crippen LogP contribution < -0.4 is 0 Å². The van der Waals surface area contributed by atoms with Crippen molar-refractivity contribution < 1.29 is 13.7 Å². The first-order valence-electron chi connectivity index (χ1n) is 3.36. The zero-order chi connectivity index (χ0) is 7.61. The SMILES string of the molecule is OS(O)(O)N1CCCCC1. The van der Waals surface area contributed by atoms with E-state index in [1.165, 1.54) is 4.31 Å². The van der Waals surface area contributed by atoms with Gasteiger partial charge in [0.1, 0.15) is 0 Å². The molecule has 0 aromatic rings. The molecule has 5 heteroatoms. The zero-order valence-corrected chi connectivity index (χ0v) is 6.55. The first-order valence-corrected chi connectivity index (χ1v) is 4.82. The van der Waals surface area contributed by atoms with Gasteiger partial charge in [-0.3, -0.25) is 13.7 Å². The Morgan fingerprint density at radius 2 is 1.40 bits per heavy atom. The molecule has 10 heavy (non-hydrogen) atoms. The second-order valence-electron chi connectivity index (χ2n) is 2.48. The molecular formula is C5H13NO3S. The Kier molecular flexibility index (Phi) is 2.54. The minimum Gasteiger partial charge on any atom is -0.296 e. The standard InChI is InChI=1S/C5H13NO3S/c7-10(8,9)6-4-2-1-3-5-6/h7-9H,1-5H2. The maximum atomic E-state index is 8.76. The maximum Gasteiger partial charge on any atom is 0.155 e. The van der Waals surface area contributed by atoms with E-state index in [1.54, 1.807) is 0 Å². The maximum absolute atomic E-state index is 8.76. The van der Waals surface area contributed by atoms with Gasteiger partial charge in [-0.15, -0.1) is 0 Å². The Morgan fingerprint density at radius 1 is 0.900 bits per heavy atom. The van der Waals surface area contributed by atoms with E-state index in [2.05, 4.69) is 0 Å². The van der Waals surface area contributed by atoms with E-state index in [-0.39, 0.29) is 0 Å². The monoisotopic (exact) mass is 167 g/mol. The highest BCUT2D eigenvalue weighted by molar-refractivity contribution is 8.17. The van der Waals surface area contributed by atoms with E-state index in [0.29, 0.717) is 13.1 Å². The summed E-state index contributed by atoms with van der Waals surface area (Å²) in [5, 5.41) is 0. The summed E-state index contributed by atoms with van der Waals surface area (Å²) >= 11 is -3.39. The third-order valence-electron chi connectivity index (χ3n) is 1.66. The molecule has 1 aliphatic rings. The van der Waals surface area contributed by atoms with Crippen molar-refractivity contribution in [2.75, 3.05) is 13.1 Å². The Bertz CT molecular complexity index is 108. The molecule has 3 N–H and O–H groups in total. The van der Waals surface area contributed by atoms with E-state index in [4.69, 9.17) is 13.7 Å². The number of hydrogen-bond donors (Lipinski definition) is 3. The molecular weight excluding hydrogens is 154 g/mol. The second kappa shape index (κ2) is 3.06. The number of piperidine rings is 1. The van der Waals surface area contributed by atoms with Crippen LogP contribution in [0, 0.1) is 0 Å². The highest BCUT2D eigenvalue weighted by Gasteiger charge is 2.24. The molecule has 0 aliphatic carbocycles. The van der Waals surface area contributed by atoms with Crippen molar-refractivity contribution in [3.05, 3.63) is 0 Å². The van der Waals surface area contributed by atoms with E-state index in [0.717, 1.165) is 19.3 Å². The van der Waals surface area contributed by atoms with Crippen molar-refractivity contribution in [3.63, 3.8) is 0 Å². The van der Waals surface area contributed by atoms with Gasteiger partial charge in [0.05, 0.1) is 0 Å². The molecule has 4 nitrogen and oxygen atoms in total. The second-order valence-corrected chi connectivity index (χ2v) is 3.98. The van der Waals surface area contributed by atoms with Crippen LogP contribution in [0.5, 0.6) is 0 Å². The molecule has 0 spiro atoms. The lowest BCUT2D eigenvalue weighted by Crippen LogP contribution is -2.32. The molecule has 0 saturated carbocycles. The van der Waals surface area contributed by atoms with Crippen molar-refractivity contribution in [2.24, 2.45) is 0 Å². The summed E-state index contributed by atoms with van der Waals surface area (Å²) in [6.45, 7) is 1.19. The largest absolute Gasteiger partial charge is 0.296 e. The van der Waals surface area contributed by atoms with Crippen LogP contribution in [0.15, 0.2) is 0 Å². The molecule has 1 aliphatic heterocycles. The average molecular weight is 167 g/mol. The summed E-state index contributed by atoms with van der Waals surface area (Å²) in [4.78, 5) is 0. The summed E-state index contributed by atoms with van der Waals surface area (Å²) in [7, 11) is 0. The Hall–Kier alpha value is 0.190. The first kappa shape index (κ1) is 8.29. The summed E-state index contributed by atoms with van der Waals surface area (Å²) in [5.74, 6) is 0. The van der Waals surface area contributed by atoms with Gasteiger partial charge in [-0.05, 0) is 12.8 Å². The average Bonchev–Trinajstić information content (AvgIpc) is 1.88. The van der Waals surface area contributed by atoms with Gasteiger partial charge in [0.2, 0.25) is 0 Å². The lowest BCUT2D eigenvalue weighted by atomic mass is 10.2. The molecule has 1 heterocycles. The van der Waals surface area contributed by atoms with Gasteiger partial charge in [-0.1, -0.05) is 6.42 Å². The third-order valence-corrected chi connectivity index (χ3v) is 2.72. The van der Waals surface area contributed by atoms with Crippen molar-refractivity contribution in [1.82, 2.24) is 4.31 Å². The molecule has 62 valence electrons. The fraction of sp³-hybridized carbons (Fsp3) is 1.00. The van der Waals surface area contributed by atoms with Crippen LogP contribution in [0.25, 0.3) is 0 Å². The van der Waals surface area contributed by atoms with Crippen LogP contribution in [0.3, 0.4) is 0 Å². The molecule has 0 amide bonds. The van der Waals surface area contributed by atoms with Crippen molar-refractivity contribution in [1.29, 1.82) is 0 Å². The van der Waals surface area contributed by atoms with Crippen molar-refractivity contribution in [2.45, 2.75) is 19.3 Å². The van der Waals surface area contributed by atoms with E-state index in [1.807, 2.05) is 0 Å².